The lowest BCUT2D eigenvalue weighted by Gasteiger charge is -2.11. The third kappa shape index (κ3) is 3.17. The van der Waals surface area contributed by atoms with Crippen LogP contribution in [0, 0.1) is 0 Å². The number of nitrogens with zero attached hydrogens (tertiary/aromatic N) is 1. The van der Waals surface area contributed by atoms with Crippen LogP contribution < -0.4 is 10.1 Å². The number of fused-ring (bicyclic) bond motifs is 1. The van der Waals surface area contributed by atoms with Crippen LogP contribution in [0.15, 0.2) is 24.3 Å². The van der Waals surface area contributed by atoms with Gasteiger partial charge < -0.3 is 10.1 Å². The molecule has 0 aliphatic heterocycles. The zero-order valence-electron chi connectivity index (χ0n) is 10.5. The molecule has 2 rings (SSSR count). The van der Waals surface area contributed by atoms with E-state index in [9.17, 15) is 18.0 Å². The van der Waals surface area contributed by atoms with Crippen molar-refractivity contribution in [2.75, 3.05) is 19.0 Å². The Morgan fingerprint density at radius 3 is 2.70 bits per heavy atom. The fourth-order valence-electron chi connectivity index (χ4n) is 1.71. The molecular formula is C13H11F3N2O2. The molecule has 0 radical (unpaired) electrons. The molecule has 0 atom stereocenters. The first-order valence-electron chi connectivity index (χ1n) is 5.67. The van der Waals surface area contributed by atoms with Gasteiger partial charge in [-0.05, 0) is 24.3 Å². The van der Waals surface area contributed by atoms with Crippen molar-refractivity contribution in [2.45, 2.75) is 6.18 Å². The Morgan fingerprint density at radius 1 is 1.35 bits per heavy atom. The molecule has 0 fully saturated rings. The lowest BCUT2D eigenvalue weighted by Crippen LogP contribution is -2.22. The van der Waals surface area contributed by atoms with Gasteiger partial charge in [-0.1, -0.05) is 0 Å². The van der Waals surface area contributed by atoms with Gasteiger partial charge in [-0.25, -0.2) is 4.98 Å². The maximum Gasteiger partial charge on any atom is 0.405 e. The molecule has 0 amide bonds. The van der Waals surface area contributed by atoms with Crippen molar-refractivity contribution in [1.29, 1.82) is 0 Å². The summed E-state index contributed by atoms with van der Waals surface area (Å²) in [6, 6.07) is 6.38. The van der Waals surface area contributed by atoms with Crippen molar-refractivity contribution >= 4 is 23.0 Å². The second kappa shape index (κ2) is 5.36. The molecule has 0 spiro atoms. The number of carbonyl (C=O) groups is 1. The molecule has 0 saturated carbocycles. The lowest BCUT2D eigenvalue weighted by molar-refractivity contribution is -0.115. The molecule has 1 aromatic heterocycles. The second-order valence-electron chi connectivity index (χ2n) is 4.07. The molecule has 0 saturated heterocycles. The van der Waals surface area contributed by atoms with Crippen molar-refractivity contribution in [3.05, 3.63) is 29.8 Å². The summed E-state index contributed by atoms with van der Waals surface area (Å²) in [4.78, 5) is 15.0. The van der Waals surface area contributed by atoms with Gasteiger partial charge >= 0.3 is 6.18 Å². The second-order valence-corrected chi connectivity index (χ2v) is 4.07. The van der Waals surface area contributed by atoms with E-state index in [0.717, 1.165) is 0 Å². The Morgan fingerprint density at radius 2 is 2.10 bits per heavy atom. The van der Waals surface area contributed by atoms with Gasteiger partial charge in [0.15, 0.2) is 6.29 Å². The number of aromatic nitrogens is 1. The van der Waals surface area contributed by atoms with Crippen LogP contribution in [-0.4, -0.2) is 31.1 Å². The summed E-state index contributed by atoms with van der Waals surface area (Å²) in [5.74, 6) is 0.488. The number of nitrogens with one attached hydrogen (secondary N) is 1. The largest absolute Gasteiger partial charge is 0.497 e. The summed E-state index contributed by atoms with van der Waals surface area (Å²) >= 11 is 0. The molecule has 1 aromatic carbocycles. The average Bonchev–Trinajstić information content (AvgIpc) is 2.42. The number of hydrogen-bond donors (Lipinski definition) is 1. The number of aldehydes is 1. The van der Waals surface area contributed by atoms with E-state index in [0.29, 0.717) is 22.9 Å². The Hall–Kier alpha value is -2.31. The normalized spacial score (nSPS) is 11.4. The van der Waals surface area contributed by atoms with Crippen LogP contribution in [0.2, 0.25) is 0 Å². The summed E-state index contributed by atoms with van der Waals surface area (Å²) < 4.78 is 41.6. The van der Waals surface area contributed by atoms with Crippen molar-refractivity contribution < 1.29 is 22.7 Å². The number of methoxy groups -OCH3 is 1. The van der Waals surface area contributed by atoms with E-state index in [2.05, 4.69) is 10.3 Å². The van der Waals surface area contributed by atoms with E-state index >= 15 is 0 Å². The van der Waals surface area contributed by atoms with E-state index in [-0.39, 0.29) is 11.4 Å². The number of carbonyl (C=O) groups excluding carboxylic acids is 1. The van der Waals surface area contributed by atoms with E-state index in [1.807, 2.05) is 0 Å². The Kier molecular flexibility index (Phi) is 3.78. The van der Waals surface area contributed by atoms with Crippen LogP contribution in [0.3, 0.4) is 0 Å². The molecule has 1 heterocycles. The smallest absolute Gasteiger partial charge is 0.405 e. The third-order valence-corrected chi connectivity index (χ3v) is 2.63. The molecule has 20 heavy (non-hydrogen) atoms. The maximum absolute atomic E-state index is 12.2. The minimum atomic E-state index is -4.38. The predicted molar refractivity (Wildman–Crippen MR) is 68.2 cm³/mol. The number of pyridine rings is 1. The van der Waals surface area contributed by atoms with Gasteiger partial charge in [0, 0.05) is 5.39 Å². The van der Waals surface area contributed by atoms with Gasteiger partial charge in [-0.15, -0.1) is 0 Å². The molecule has 0 bridgehead atoms. The Bertz CT molecular complexity index is 641. The fraction of sp³-hybridized carbons (Fsp3) is 0.231. The van der Waals surface area contributed by atoms with Crippen LogP contribution in [0.4, 0.5) is 19.0 Å². The van der Waals surface area contributed by atoms with Crippen LogP contribution in [0.25, 0.3) is 10.9 Å². The molecule has 7 heteroatoms. The first-order valence-corrected chi connectivity index (χ1v) is 5.67. The number of halogens is 3. The van der Waals surface area contributed by atoms with E-state index in [1.165, 1.54) is 13.2 Å². The molecule has 4 nitrogen and oxygen atoms in total. The topological polar surface area (TPSA) is 51.2 Å². The van der Waals surface area contributed by atoms with Gasteiger partial charge in [0.05, 0.1) is 18.2 Å². The van der Waals surface area contributed by atoms with Crippen molar-refractivity contribution in [3.8, 4) is 5.75 Å². The van der Waals surface area contributed by atoms with Crippen LogP contribution in [-0.2, 0) is 0 Å². The molecule has 106 valence electrons. The molecule has 0 unspecified atom stereocenters. The fourth-order valence-corrected chi connectivity index (χ4v) is 1.71. The van der Waals surface area contributed by atoms with Crippen LogP contribution in [0.1, 0.15) is 10.4 Å². The number of alkyl halides is 3. The van der Waals surface area contributed by atoms with E-state index in [4.69, 9.17) is 4.74 Å². The number of anilines is 1. The standard InChI is InChI=1S/C13H11F3N2O2/c1-20-10-2-3-11-8(5-10)4-9(6-19)12(18-11)17-7-13(14,15)16/h2-6H,7H2,1H3,(H,17,18). The first kappa shape index (κ1) is 14.1. The van der Waals surface area contributed by atoms with Gasteiger partial charge in [-0.3, -0.25) is 4.79 Å². The number of hydrogen-bond acceptors (Lipinski definition) is 4. The maximum atomic E-state index is 12.2. The zero-order chi connectivity index (χ0) is 14.8. The zero-order valence-corrected chi connectivity index (χ0v) is 10.5. The highest BCUT2D eigenvalue weighted by Gasteiger charge is 2.27. The van der Waals surface area contributed by atoms with Gasteiger partial charge in [-0.2, -0.15) is 13.2 Å². The molecule has 0 aliphatic carbocycles. The number of benzene rings is 1. The minimum absolute atomic E-state index is 0.0648. The Labute approximate surface area is 112 Å². The van der Waals surface area contributed by atoms with Crippen LogP contribution >= 0.6 is 0 Å². The monoisotopic (exact) mass is 284 g/mol. The highest BCUT2D eigenvalue weighted by Crippen LogP contribution is 2.24. The predicted octanol–water partition coefficient (Wildman–Crippen LogP) is 3.03. The SMILES string of the molecule is COc1ccc2nc(NCC(F)(F)F)c(C=O)cc2c1. The van der Waals surface area contributed by atoms with Crippen molar-refractivity contribution in [3.63, 3.8) is 0 Å². The summed E-state index contributed by atoms with van der Waals surface area (Å²) in [5.41, 5.74) is 0.538. The van der Waals surface area contributed by atoms with E-state index in [1.54, 1.807) is 18.2 Å². The molecule has 2 aromatic rings. The van der Waals surface area contributed by atoms with Crippen LogP contribution in [0.5, 0.6) is 5.75 Å². The summed E-state index contributed by atoms with van der Waals surface area (Å²) in [6.07, 6.45) is -3.92. The number of rotatable bonds is 4. The van der Waals surface area contributed by atoms with Crippen molar-refractivity contribution in [1.82, 2.24) is 4.98 Å². The first-order chi connectivity index (χ1) is 9.43. The minimum Gasteiger partial charge on any atom is -0.497 e. The Balaban J connectivity index is 2.42. The number of ether oxygens (including phenoxy) is 1. The third-order valence-electron chi connectivity index (χ3n) is 2.63. The molecule has 1 N–H and O–H groups in total. The van der Waals surface area contributed by atoms with Gasteiger partial charge in [0.1, 0.15) is 18.1 Å². The summed E-state index contributed by atoms with van der Waals surface area (Å²) in [6.45, 7) is -1.25. The average molecular weight is 284 g/mol. The molecular weight excluding hydrogens is 273 g/mol. The summed E-state index contributed by atoms with van der Waals surface area (Å²) in [7, 11) is 1.49. The quantitative estimate of drug-likeness (QED) is 0.877. The highest BCUT2D eigenvalue weighted by molar-refractivity contribution is 5.92. The van der Waals surface area contributed by atoms with Crippen molar-refractivity contribution in [2.24, 2.45) is 0 Å². The lowest BCUT2D eigenvalue weighted by atomic mass is 10.1. The highest BCUT2D eigenvalue weighted by atomic mass is 19.4. The van der Waals surface area contributed by atoms with Gasteiger partial charge in [0.2, 0.25) is 0 Å². The van der Waals surface area contributed by atoms with E-state index < -0.39 is 12.7 Å². The summed E-state index contributed by atoms with van der Waals surface area (Å²) in [5, 5.41) is 2.74. The van der Waals surface area contributed by atoms with Gasteiger partial charge in [0.25, 0.3) is 0 Å². The molecule has 0 aliphatic rings.